The number of benzene rings is 3. The van der Waals surface area contributed by atoms with Gasteiger partial charge in [0.1, 0.15) is 11.5 Å². The van der Waals surface area contributed by atoms with E-state index in [1.807, 2.05) is 62.4 Å². The Balaban J connectivity index is 1.61. The molecule has 0 heterocycles. The first-order valence-corrected chi connectivity index (χ1v) is 9.24. The number of nitriles is 1. The van der Waals surface area contributed by atoms with Crippen molar-refractivity contribution < 1.29 is 14.3 Å². The van der Waals surface area contributed by atoms with Crippen LogP contribution >= 0.6 is 0 Å². The fourth-order valence-corrected chi connectivity index (χ4v) is 2.77. The van der Waals surface area contributed by atoms with E-state index in [1.165, 1.54) is 0 Å². The molecule has 29 heavy (non-hydrogen) atoms. The standard InChI is InChI=1S/C25H21NO3/c1-18-7-6-10-24(19(18)2)28-17-25(27)29-23-13-11-20(12-14-23)15-22(16-26)21-8-4-3-5-9-21/h3-15H,17H2,1-2H3/b22-15-. The summed E-state index contributed by atoms with van der Waals surface area (Å²) in [5, 5.41) is 9.40. The van der Waals surface area contributed by atoms with Crippen molar-refractivity contribution in [1.29, 1.82) is 5.26 Å². The van der Waals surface area contributed by atoms with Crippen LogP contribution in [-0.4, -0.2) is 12.6 Å². The average Bonchev–Trinajstić information content (AvgIpc) is 2.75. The van der Waals surface area contributed by atoms with Crippen molar-refractivity contribution in [1.82, 2.24) is 0 Å². The second-order valence-corrected chi connectivity index (χ2v) is 6.57. The first-order valence-electron chi connectivity index (χ1n) is 9.24. The van der Waals surface area contributed by atoms with Crippen LogP contribution in [0.2, 0.25) is 0 Å². The maximum absolute atomic E-state index is 12.1. The summed E-state index contributed by atoms with van der Waals surface area (Å²) < 4.78 is 10.9. The molecule has 0 spiro atoms. The van der Waals surface area contributed by atoms with Gasteiger partial charge in [0.15, 0.2) is 6.61 Å². The maximum Gasteiger partial charge on any atom is 0.349 e. The van der Waals surface area contributed by atoms with Crippen molar-refractivity contribution in [2.75, 3.05) is 6.61 Å². The van der Waals surface area contributed by atoms with Gasteiger partial charge in [0, 0.05) is 0 Å². The molecule has 0 aliphatic rings. The maximum atomic E-state index is 12.1. The molecule has 0 radical (unpaired) electrons. The van der Waals surface area contributed by atoms with E-state index in [0.29, 0.717) is 17.1 Å². The smallest absolute Gasteiger partial charge is 0.349 e. The number of rotatable bonds is 6. The Labute approximate surface area is 170 Å². The summed E-state index contributed by atoms with van der Waals surface area (Å²) in [5.41, 5.74) is 4.37. The molecule has 3 aromatic rings. The average molecular weight is 383 g/mol. The molecule has 144 valence electrons. The number of esters is 1. The highest BCUT2D eigenvalue weighted by Gasteiger charge is 2.09. The number of carbonyl (C=O) groups excluding carboxylic acids is 1. The summed E-state index contributed by atoms with van der Waals surface area (Å²) >= 11 is 0. The monoisotopic (exact) mass is 383 g/mol. The lowest BCUT2D eigenvalue weighted by Crippen LogP contribution is -2.18. The highest BCUT2D eigenvalue weighted by Crippen LogP contribution is 2.21. The number of allylic oxidation sites excluding steroid dienone is 1. The molecule has 3 rings (SSSR count). The Hall–Kier alpha value is -3.84. The normalized spacial score (nSPS) is 10.9. The highest BCUT2D eigenvalue weighted by molar-refractivity contribution is 5.89. The zero-order chi connectivity index (χ0) is 20.6. The van der Waals surface area contributed by atoms with Gasteiger partial charge in [-0.15, -0.1) is 0 Å². The van der Waals surface area contributed by atoms with Gasteiger partial charge in [0.25, 0.3) is 0 Å². The molecule has 0 bridgehead atoms. The topological polar surface area (TPSA) is 59.3 Å². The van der Waals surface area contributed by atoms with Crippen LogP contribution in [0.3, 0.4) is 0 Å². The van der Waals surface area contributed by atoms with Gasteiger partial charge in [-0.25, -0.2) is 4.79 Å². The Kier molecular flexibility index (Phi) is 6.44. The van der Waals surface area contributed by atoms with Gasteiger partial charge >= 0.3 is 5.97 Å². The summed E-state index contributed by atoms with van der Waals surface area (Å²) in [6.07, 6.45) is 1.80. The van der Waals surface area contributed by atoms with Gasteiger partial charge in [-0.2, -0.15) is 5.26 Å². The molecular formula is C25H21NO3. The number of nitrogens with zero attached hydrogens (tertiary/aromatic N) is 1. The molecule has 0 aliphatic carbocycles. The third kappa shape index (κ3) is 5.33. The fraction of sp³-hybridized carbons (Fsp3) is 0.120. The molecule has 0 N–H and O–H groups in total. The van der Waals surface area contributed by atoms with Crippen LogP contribution < -0.4 is 9.47 Å². The summed E-state index contributed by atoms with van der Waals surface area (Å²) in [5.74, 6) is 0.624. The van der Waals surface area contributed by atoms with E-state index in [1.54, 1.807) is 30.3 Å². The minimum absolute atomic E-state index is 0.168. The van der Waals surface area contributed by atoms with Crippen LogP contribution in [0.15, 0.2) is 72.8 Å². The molecule has 0 aliphatic heterocycles. The van der Waals surface area contributed by atoms with Gasteiger partial charge < -0.3 is 9.47 Å². The van der Waals surface area contributed by atoms with Crippen molar-refractivity contribution in [2.24, 2.45) is 0 Å². The van der Waals surface area contributed by atoms with E-state index >= 15 is 0 Å². The van der Waals surface area contributed by atoms with Gasteiger partial charge in [-0.1, -0.05) is 54.6 Å². The second-order valence-electron chi connectivity index (χ2n) is 6.57. The van der Waals surface area contributed by atoms with Crippen molar-refractivity contribution in [3.63, 3.8) is 0 Å². The summed E-state index contributed by atoms with van der Waals surface area (Å²) in [7, 11) is 0. The Morgan fingerprint density at radius 2 is 1.69 bits per heavy atom. The van der Waals surface area contributed by atoms with Crippen LogP contribution in [0, 0.1) is 25.2 Å². The molecular weight excluding hydrogens is 362 g/mol. The molecule has 0 amide bonds. The predicted molar refractivity (Wildman–Crippen MR) is 113 cm³/mol. The molecule has 3 aromatic carbocycles. The van der Waals surface area contributed by atoms with E-state index in [-0.39, 0.29) is 6.61 Å². The van der Waals surface area contributed by atoms with Gasteiger partial charge in [0.2, 0.25) is 0 Å². The van der Waals surface area contributed by atoms with Crippen LogP contribution in [0.25, 0.3) is 11.6 Å². The number of ether oxygens (including phenoxy) is 2. The Morgan fingerprint density at radius 1 is 0.966 bits per heavy atom. The minimum atomic E-state index is -0.476. The summed E-state index contributed by atoms with van der Waals surface area (Å²) in [6.45, 7) is 3.78. The van der Waals surface area contributed by atoms with Crippen molar-refractivity contribution in [3.8, 4) is 17.6 Å². The molecule has 4 nitrogen and oxygen atoms in total. The molecule has 0 unspecified atom stereocenters. The van der Waals surface area contributed by atoms with Crippen LogP contribution in [0.1, 0.15) is 22.3 Å². The summed E-state index contributed by atoms with van der Waals surface area (Å²) in [6, 6.07) is 24.4. The van der Waals surface area contributed by atoms with Crippen molar-refractivity contribution >= 4 is 17.6 Å². The van der Waals surface area contributed by atoms with Crippen molar-refractivity contribution in [3.05, 3.63) is 95.1 Å². The lowest BCUT2D eigenvalue weighted by Gasteiger charge is -2.10. The first-order chi connectivity index (χ1) is 14.1. The number of aryl methyl sites for hydroxylation is 1. The van der Waals surface area contributed by atoms with Gasteiger partial charge in [-0.05, 0) is 60.4 Å². The molecule has 0 atom stereocenters. The lowest BCUT2D eigenvalue weighted by atomic mass is 10.0. The van der Waals surface area contributed by atoms with E-state index in [4.69, 9.17) is 9.47 Å². The molecule has 0 saturated carbocycles. The number of hydrogen-bond donors (Lipinski definition) is 0. The highest BCUT2D eigenvalue weighted by atomic mass is 16.6. The first kappa shape index (κ1) is 19.9. The molecule has 0 fully saturated rings. The van der Waals surface area contributed by atoms with Crippen LogP contribution in [0.5, 0.6) is 11.5 Å². The quantitative estimate of drug-likeness (QED) is 0.249. The zero-order valence-electron chi connectivity index (χ0n) is 16.4. The SMILES string of the molecule is Cc1cccc(OCC(=O)Oc2ccc(/C=C(/C#N)c3ccccc3)cc2)c1C. The molecule has 4 heteroatoms. The van der Waals surface area contributed by atoms with Crippen molar-refractivity contribution in [2.45, 2.75) is 13.8 Å². The van der Waals surface area contributed by atoms with E-state index in [0.717, 1.165) is 22.3 Å². The Bertz CT molecular complexity index is 1060. The molecule has 0 aromatic heterocycles. The number of hydrogen-bond acceptors (Lipinski definition) is 4. The van der Waals surface area contributed by atoms with E-state index in [9.17, 15) is 10.1 Å². The largest absolute Gasteiger partial charge is 0.482 e. The second kappa shape index (κ2) is 9.38. The minimum Gasteiger partial charge on any atom is -0.482 e. The Morgan fingerprint density at radius 3 is 2.38 bits per heavy atom. The van der Waals surface area contributed by atoms with Gasteiger partial charge in [-0.3, -0.25) is 0 Å². The van der Waals surface area contributed by atoms with Gasteiger partial charge in [0.05, 0.1) is 11.6 Å². The van der Waals surface area contributed by atoms with E-state index < -0.39 is 5.97 Å². The zero-order valence-corrected chi connectivity index (χ0v) is 16.4. The lowest BCUT2D eigenvalue weighted by molar-refractivity contribution is -0.136. The van der Waals surface area contributed by atoms with Crippen LogP contribution in [0.4, 0.5) is 0 Å². The predicted octanol–water partition coefficient (Wildman–Crippen LogP) is 5.35. The molecule has 0 saturated heterocycles. The third-order valence-corrected chi connectivity index (χ3v) is 4.53. The third-order valence-electron chi connectivity index (χ3n) is 4.53. The van der Waals surface area contributed by atoms with Crippen LogP contribution in [-0.2, 0) is 4.79 Å². The van der Waals surface area contributed by atoms with E-state index in [2.05, 4.69) is 6.07 Å². The fourth-order valence-electron chi connectivity index (χ4n) is 2.77. The number of carbonyl (C=O) groups is 1. The summed E-state index contributed by atoms with van der Waals surface area (Å²) in [4.78, 5) is 12.1.